The van der Waals surface area contributed by atoms with Crippen LogP contribution >= 0.6 is 0 Å². The second-order valence-electron chi connectivity index (χ2n) is 5.06. The van der Waals surface area contributed by atoms with Gasteiger partial charge in [0.1, 0.15) is 5.92 Å². The fraction of sp³-hybridized carbons (Fsp3) is 0.500. The Labute approximate surface area is 122 Å². The lowest BCUT2D eigenvalue weighted by atomic mass is 10.0. The summed E-state index contributed by atoms with van der Waals surface area (Å²) in [5, 5.41) is 20.2. The van der Waals surface area contributed by atoms with Gasteiger partial charge in [0.25, 0.3) is 5.69 Å². The highest BCUT2D eigenvalue weighted by molar-refractivity contribution is 5.73. The molecule has 0 saturated carbocycles. The van der Waals surface area contributed by atoms with Gasteiger partial charge in [0.15, 0.2) is 0 Å². The molecule has 0 bridgehead atoms. The average Bonchev–Trinajstić information content (AvgIpc) is 2.90. The lowest BCUT2D eigenvalue weighted by molar-refractivity contribution is -0.384. The third-order valence-electron chi connectivity index (χ3n) is 3.82. The third-order valence-corrected chi connectivity index (χ3v) is 3.82. The van der Waals surface area contributed by atoms with Gasteiger partial charge >= 0.3 is 5.97 Å². The Balaban J connectivity index is 2.39. The summed E-state index contributed by atoms with van der Waals surface area (Å²) in [6.07, 6.45) is 0. The Bertz CT molecular complexity index is 560. The number of carboxylic acid groups (broad SMARTS) is 1. The Morgan fingerprint density at radius 2 is 2.24 bits per heavy atom. The van der Waals surface area contributed by atoms with E-state index in [1.54, 1.807) is 6.07 Å². The number of hydrogen-bond donors (Lipinski definition) is 1. The van der Waals surface area contributed by atoms with Crippen molar-refractivity contribution in [1.29, 1.82) is 0 Å². The number of rotatable bonds is 5. The van der Waals surface area contributed by atoms with Crippen LogP contribution in [0.25, 0.3) is 0 Å². The molecule has 1 heterocycles. The molecule has 1 saturated heterocycles. The first-order chi connectivity index (χ1) is 9.95. The second-order valence-corrected chi connectivity index (χ2v) is 5.06. The molecule has 7 nitrogen and oxygen atoms in total. The predicted octanol–water partition coefficient (Wildman–Crippen LogP) is 1.83. The van der Waals surface area contributed by atoms with Gasteiger partial charge in [-0.05, 0) is 19.4 Å². The monoisotopic (exact) mass is 294 g/mol. The third kappa shape index (κ3) is 2.97. The van der Waals surface area contributed by atoms with E-state index in [0.29, 0.717) is 18.8 Å². The molecule has 2 unspecified atom stereocenters. The van der Waals surface area contributed by atoms with Crippen LogP contribution in [0, 0.1) is 23.0 Å². The van der Waals surface area contributed by atoms with E-state index in [2.05, 4.69) is 0 Å². The van der Waals surface area contributed by atoms with E-state index in [4.69, 9.17) is 4.74 Å². The molecule has 1 fully saturated rings. The number of carboxylic acids is 1. The van der Waals surface area contributed by atoms with Crippen LogP contribution in [0.2, 0.25) is 0 Å². The number of nitro benzene ring substituents is 1. The zero-order chi connectivity index (χ0) is 15.6. The minimum absolute atomic E-state index is 0.000148. The molecule has 2 rings (SSSR count). The number of non-ortho nitro benzene ring substituents is 1. The molecule has 21 heavy (non-hydrogen) atoms. The van der Waals surface area contributed by atoms with Crippen molar-refractivity contribution in [3.8, 4) is 0 Å². The van der Waals surface area contributed by atoms with Crippen LogP contribution in [0.1, 0.15) is 12.5 Å². The van der Waals surface area contributed by atoms with Gasteiger partial charge in [-0.2, -0.15) is 0 Å². The van der Waals surface area contributed by atoms with Crippen molar-refractivity contribution < 1.29 is 19.6 Å². The largest absolute Gasteiger partial charge is 0.481 e. The zero-order valence-electron chi connectivity index (χ0n) is 12.0. The molecule has 114 valence electrons. The molecule has 1 aliphatic heterocycles. The molecule has 1 aliphatic rings. The van der Waals surface area contributed by atoms with Gasteiger partial charge in [-0.15, -0.1) is 0 Å². The Morgan fingerprint density at radius 1 is 1.52 bits per heavy atom. The van der Waals surface area contributed by atoms with E-state index >= 15 is 0 Å². The predicted molar refractivity (Wildman–Crippen MR) is 76.6 cm³/mol. The van der Waals surface area contributed by atoms with Crippen molar-refractivity contribution in [2.75, 3.05) is 24.7 Å². The van der Waals surface area contributed by atoms with Crippen LogP contribution in [-0.2, 0) is 9.53 Å². The van der Waals surface area contributed by atoms with E-state index in [0.717, 1.165) is 5.56 Å². The molecule has 2 atom stereocenters. The van der Waals surface area contributed by atoms with Gasteiger partial charge in [0, 0.05) is 24.4 Å². The number of likely N-dealkylation sites (N-methyl/N-ethyl adjacent to an activating group) is 1. The molecule has 0 radical (unpaired) electrons. The molecule has 0 amide bonds. The number of ether oxygens (including phenoxy) is 1. The number of aryl methyl sites for hydroxylation is 1. The minimum atomic E-state index is -0.904. The number of aliphatic carboxylic acids is 1. The second kappa shape index (κ2) is 6.09. The van der Waals surface area contributed by atoms with Gasteiger partial charge in [0.05, 0.1) is 24.2 Å². The van der Waals surface area contributed by atoms with Crippen LogP contribution in [0.15, 0.2) is 18.2 Å². The van der Waals surface area contributed by atoms with Crippen molar-refractivity contribution in [1.82, 2.24) is 0 Å². The number of hydrogen-bond acceptors (Lipinski definition) is 5. The maximum Gasteiger partial charge on any atom is 0.311 e. The van der Waals surface area contributed by atoms with Gasteiger partial charge < -0.3 is 14.7 Å². The number of nitro groups is 1. The summed E-state index contributed by atoms with van der Waals surface area (Å²) in [5.41, 5.74) is 1.56. The van der Waals surface area contributed by atoms with E-state index in [1.165, 1.54) is 12.1 Å². The average molecular weight is 294 g/mol. The Hall–Kier alpha value is -2.15. The first-order valence-electron chi connectivity index (χ1n) is 6.78. The van der Waals surface area contributed by atoms with Crippen molar-refractivity contribution in [2.24, 2.45) is 5.92 Å². The topological polar surface area (TPSA) is 92.9 Å². The molecule has 0 spiro atoms. The first kappa shape index (κ1) is 15.2. The quantitative estimate of drug-likeness (QED) is 0.658. The van der Waals surface area contributed by atoms with Crippen LogP contribution < -0.4 is 4.90 Å². The summed E-state index contributed by atoms with van der Waals surface area (Å²) >= 11 is 0. The van der Waals surface area contributed by atoms with E-state index in [9.17, 15) is 20.0 Å². The summed E-state index contributed by atoms with van der Waals surface area (Å²) in [4.78, 5) is 23.7. The lowest BCUT2D eigenvalue weighted by Crippen LogP contribution is -2.43. The summed E-state index contributed by atoms with van der Waals surface area (Å²) in [6, 6.07) is 4.32. The molecule has 0 aromatic heterocycles. The van der Waals surface area contributed by atoms with E-state index in [-0.39, 0.29) is 18.3 Å². The van der Waals surface area contributed by atoms with Crippen LogP contribution in [0.4, 0.5) is 11.4 Å². The number of carbonyl (C=O) groups is 1. The zero-order valence-corrected chi connectivity index (χ0v) is 12.0. The number of benzene rings is 1. The molecular formula is C14H18N2O5. The highest BCUT2D eigenvalue weighted by atomic mass is 16.6. The maximum absolute atomic E-state index is 11.3. The molecule has 1 N–H and O–H groups in total. The summed E-state index contributed by atoms with van der Waals surface area (Å²) in [5.74, 6) is -1.53. The molecule has 7 heteroatoms. The minimum Gasteiger partial charge on any atom is -0.481 e. The SMILES string of the molecule is CCN(c1cc([N+](=O)[O-])ccc1C)C1COCC1C(=O)O. The first-order valence-corrected chi connectivity index (χ1v) is 6.78. The van der Waals surface area contributed by atoms with Crippen LogP contribution in [0.5, 0.6) is 0 Å². The molecule has 1 aromatic carbocycles. The van der Waals surface area contributed by atoms with Crippen LogP contribution in [0.3, 0.4) is 0 Å². The van der Waals surface area contributed by atoms with Gasteiger partial charge in [-0.3, -0.25) is 14.9 Å². The summed E-state index contributed by atoms with van der Waals surface area (Å²) in [7, 11) is 0. The van der Waals surface area contributed by atoms with Crippen molar-refractivity contribution >= 4 is 17.3 Å². The van der Waals surface area contributed by atoms with E-state index < -0.39 is 16.8 Å². The normalized spacial score (nSPS) is 21.2. The highest BCUT2D eigenvalue weighted by Gasteiger charge is 2.38. The standard InChI is InChI=1S/C14H18N2O5/c1-3-15(13-8-21-7-11(13)14(17)18)12-6-10(16(19)20)5-4-9(12)2/h4-6,11,13H,3,7-8H2,1-2H3,(H,17,18). The molecular weight excluding hydrogens is 276 g/mol. The van der Waals surface area contributed by atoms with Gasteiger partial charge in [-0.25, -0.2) is 0 Å². The molecule has 1 aromatic rings. The van der Waals surface area contributed by atoms with Gasteiger partial charge in [-0.1, -0.05) is 6.07 Å². The van der Waals surface area contributed by atoms with E-state index in [1.807, 2.05) is 18.7 Å². The fourth-order valence-corrected chi connectivity index (χ4v) is 2.69. The lowest BCUT2D eigenvalue weighted by Gasteiger charge is -2.32. The van der Waals surface area contributed by atoms with Crippen LogP contribution in [-0.4, -0.2) is 41.8 Å². The Kier molecular flexibility index (Phi) is 4.42. The summed E-state index contributed by atoms with van der Waals surface area (Å²) < 4.78 is 5.30. The smallest absolute Gasteiger partial charge is 0.311 e. The maximum atomic E-state index is 11.3. The van der Waals surface area contributed by atoms with Crippen molar-refractivity contribution in [3.05, 3.63) is 33.9 Å². The fourth-order valence-electron chi connectivity index (χ4n) is 2.69. The highest BCUT2D eigenvalue weighted by Crippen LogP contribution is 2.31. The van der Waals surface area contributed by atoms with Crippen molar-refractivity contribution in [2.45, 2.75) is 19.9 Å². The Morgan fingerprint density at radius 3 is 2.81 bits per heavy atom. The summed E-state index contributed by atoms with van der Waals surface area (Å²) in [6.45, 7) is 4.79. The van der Waals surface area contributed by atoms with Gasteiger partial charge in [0.2, 0.25) is 0 Å². The number of anilines is 1. The number of nitrogens with zero attached hydrogens (tertiary/aromatic N) is 2. The van der Waals surface area contributed by atoms with Crippen molar-refractivity contribution in [3.63, 3.8) is 0 Å². The molecule has 0 aliphatic carbocycles.